The van der Waals surface area contributed by atoms with Gasteiger partial charge in [-0.1, -0.05) is 0 Å². The van der Waals surface area contributed by atoms with E-state index in [0.29, 0.717) is 29.9 Å². The summed E-state index contributed by atoms with van der Waals surface area (Å²) in [6.45, 7) is 1.28. The molecule has 0 spiro atoms. The second-order valence-corrected chi connectivity index (χ2v) is 8.29. The Labute approximate surface area is 182 Å². The highest BCUT2D eigenvalue weighted by atomic mass is 32.1. The third-order valence-electron chi connectivity index (χ3n) is 5.34. The maximum absolute atomic E-state index is 13.3. The minimum atomic E-state index is -0.261. The van der Waals surface area contributed by atoms with E-state index >= 15 is 0 Å². The molecule has 4 heterocycles. The van der Waals surface area contributed by atoms with Crippen LogP contribution in [-0.2, 0) is 4.74 Å². The number of amides is 1. The molecule has 0 atom stereocenters. The molecule has 31 heavy (non-hydrogen) atoms. The number of carbonyl (C=O) groups excluding carboxylic acids is 2. The number of rotatable bonds is 5. The van der Waals surface area contributed by atoms with E-state index in [2.05, 4.69) is 15.4 Å². The van der Waals surface area contributed by atoms with Gasteiger partial charge in [-0.05, 0) is 60.7 Å². The molecule has 1 aliphatic rings. The quantitative estimate of drug-likeness (QED) is 0.487. The van der Waals surface area contributed by atoms with Gasteiger partial charge in [0.25, 0.3) is 5.91 Å². The van der Waals surface area contributed by atoms with Crippen molar-refractivity contribution < 1.29 is 14.3 Å². The summed E-state index contributed by atoms with van der Waals surface area (Å²) >= 11 is 1.45. The van der Waals surface area contributed by atoms with E-state index in [-0.39, 0.29) is 23.4 Å². The Kier molecular flexibility index (Phi) is 5.31. The fourth-order valence-corrected chi connectivity index (χ4v) is 4.53. The molecule has 1 fully saturated rings. The lowest BCUT2D eigenvalue weighted by molar-refractivity contribution is 0.0694. The lowest BCUT2D eigenvalue weighted by Gasteiger charge is -2.23. The Morgan fingerprint density at radius 3 is 2.68 bits per heavy atom. The molecule has 1 N–H and O–H groups in total. The molecule has 1 aliphatic heterocycles. The maximum Gasteiger partial charge on any atom is 0.270 e. The molecule has 4 aromatic rings. The van der Waals surface area contributed by atoms with Gasteiger partial charge >= 0.3 is 0 Å². The molecule has 5 rings (SSSR count). The number of ether oxygens (including phenoxy) is 1. The zero-order valence-electron chi connectivity index (χ0n) is 16.7. The molecule has 0 radical (unpaired) electrons. The van der Waals surface area contributed by atoms with Gasteiger partial charge in [0.1, 0.15) is 5.69 Å². The summed E-state index contributed by atoms with van der Waals surface area (Å²) in [4.78, 5) is 30.7. The van der Waals surface area contributed by atoms with Crippen LogP contribution in [0.1, 0.15) is 39.3 Å². The van der Waals surface area contributed by atoms with Crippen LogP contribution < -0.4 is 5.32 Å². The predicted octanol–water partition coefficient (Wildman–Crippen LogP) is 3.62. The van der Waals surface area contributed by atoms with Crippen molar-refractivity contribution in [2.45, 2.75) is 18.9 Å². The molecule has 7 nitrogen and oxygen atoms in total. The van der Waals surface area contributed by atoms with Crippen molar-refractivity contribution in [1.82, 2.24) is 20.1 Å². The number of fused-ring (bicyclic) bond motifs is 1. The van der Waals surface area contributed by atoms with Crippen molar-refractivity contribution in [3.8, 4) is 5.69 Å². The first-order valence-corrected chi connectivity index (χ1v) is 11.0. The topological polar surface area (TPSA) is 86.1 Å². The van der Waals surface area contributed by atoms with Crippen LogP contribution in [0.3, 0.4) is 0 Å². The molecule has 1 aromatic carbocycles. The van der Waals surface area contributed by atoms with Crippen LogP contribution in [0.25, 0.3) is 15.9 Å². The van der Waals surface area contributed by atoms with Crippen LogP contribution in [0.4, 0.5) is 0 Å². The lowest BCUT2D eigenvalue weighted by Crippen LogP contribution is -2.39. The number of pyridine rings is 1. The van der Waals surface area contributed by atoms with Gasteiger partial charge in [0.2, 0.25) is 0 Å². The van der Waals surface area contributed by atoms with Crippen LogP contribution in [0.5, 0.6) is 0 Å². The maximum atomic E-state index is 13.3. The summed E-state index contributed by atoms with van der Waals surface area (Å²) in [6.07, 6.45) is 5.11. The summed E-state index contributed by atoms with van der Waals surface area (Å²) in [5.41, 5.74) is 2.82. The summed E-state index contributed by atoms with van der Waals surface area (Å²) in [5, 5.41) is 9.11. The van der Waals surface area contributed by atoms with E-state index in [1.807, 2.05) is 35.8 Å². The van der Waals surface area contributed by atoms with Crippen molar-refractivity contribution in [3.05, 3.63) is 77.1 Å². The largest absolute Gasteiger partial charge is 0.381 e. The van der Waals surface area contributed by atoms with Crippen molar-refractivity contribution in [3.63, 3.8) is 0 Å². The molecule has 8 heteroatoms. The zero-order chi connectivity index (χ0) is 21.2. The molecular formula is C23H20N4O3S. The van der Waals surface area contributed by atoms with E-state index in [1.54, 1.807) is 29.1 Å². The van der Waals surface area contributed by atoms with Crippen molar-refractivity contribution in [2.24, 2.45) is 0 Å². The first-order chi connectivity index (χ1) is 15.2. The summed E-state index contributed by atoms with van der Waals surface area (Å²) < 4.78 is 7.86. The predicted molar refractivity (Wildman–Crippen MR) is 118 cm³/mol. The van der Waals surface area contributed by atoms with Gasteiger partial charge in [0.05, 0.1) is 15.9 Å². The van der Waals surface area contributed by atoms with Crippen molar-refractivity contribution >= 4 is 33.2 Å². The van der Waals surface area contributed by atoms with Crippen LogP contribution in [0, 0.1) is 0 Å². The van der Waals surface area contributed by atoms with Crippen molar-refractivity contribution in [1.29, 1.82) is 0 Å². The second kappa shape index (κ2) is 8.41. The highest BCUT2D eigenvalue weighted by Crippen LogP contribution is 2.27. The molecule has 0 bridgehead atoms. The van der Waals surface area contributed by atoms with E-state index in [0.717, 1.165) is 23.2 Å². The van der Waals surface area contributed by atoms with E-state index in [4.69, 9.17) is 4.74 Å². The van der Waals surface area contributed by atoms with E-state index < -0.39 is 0 Å². The Morgan fingerprint density at radius 2 is 1.94 bits per heavy atom. The van der Waals surface area contributed by atoms with Gasteiger partial charge in [-0.2, -0.15) is 5.10 Å². The van der Waals surface area contributed by atoms with Crippen LogP contribution >= 0.6 is 11.3 Å². The van der Waals surface area contributed by atoms with Gasteiger partial charge < -0.3 is 10.1 Å². The third-order valence-corrected chi connectivity index (χ3v) is 6.28. The third kappa shape index (κ3) is 3.99. The summed E-state index contributed by atoms with van der Waals surface area (Å²) in [6, 6.07) is 12.6. The number of thiophene rings is 1. The molecule has 3 aromatic heterocycles. The minimum Gasteiger partial charge on any atom is -0.381 e. The van der Waals surface area contributed by atoms with Crippen LogP contribution in [0.2, 0.25) is 0 Å². The van der Waals surface area contributed by atoms with E-state index in [1.165, 1.54) is 11.3 Å². The van der Waals surface area contributed by atoms with Crippen LogP contribution in [0.15, 0.2) is 60.2 Å². The monoisotopic (exact) mass is 432 g/mol. The lowest BCUT2D eigenvalue weighted by atomic mass is 10.0. The number of hydrogen-bond acceptors (Lipinski definition) is 6. The standard InChI is InChI=1S/C23H20N4O3S/c28-21(15-2-4-17(5-3-15)27-10-1-9-24-27)18-14-20(26-19-8-13-31-22(18)19)23(29)25-16-6-11-30-12-7-16/h1-5,8-10,13-14,16H,6-7,11-12H2,(H,25,29). The number of benzene rings is 1. The molecule has 1 saturated heterocycles. The molecule has 0 saturated carbocycles. The SMILES string of the molecule is O=C(NC1CCOCC1)c1cc(C(=O)c2ccc(-n3cccn3)cc2)c2sccc2n1. The normalized spacial score (nSPS) is 14.6. The number of ketones is 1. The first kappa shape index (κ1) is 19.6. The summed E-state index contributed by atoms with van der Waals surface area (Å²) in [5.74, 6) is -0.398. The Bertz CT molecular complexity index is 1230. The van der Waals surface area contributed by atoms with Crippen LogP contribution in [-0.4, -0.2) is 45.7 Å². The zero-order valence-corrected chi connectivity index (χ0v) is 17.5. The minimum absolute atomic E-state index is 0.0650. The summed E-state index contributed by atoms with van der Waals surface area (Å²) in [7, 11) is 0. The number of aromatic nitrogens is 3. The van der Waals surface area contributed by atoms with Gasteiger partial charge in [-0.15, -0.1) is 11.3 Å². The fraction of sp³-hybridized carbons (Fsp3) is 0.217. The highest BCUT2D eigenvalue weighted by molar-refractivity contribution is 7.17. The Hall–Kier alpha value is -3.36. The van der Waals surface area contributed by atoms with Gasteiger partial charge in [-0.25, -0.2) is 9.67 Å². The smallest absolute Gasteiger partial charge is 0.270 e. The van der Waals surface area contributed by atoms with Gasteiger partial charge in [-0.3, -0.25) is 9.59 Å². The molecule has 1 amide bonds. The molecule has 0 aliphatic carbocycles. The molecular weight excluding hydrogens is 412 g/mol. The number of hydrogen-bond donors (Lipinski definition) is 1. The molecule has 0 unspecified atom stereocenters. The number of carbonyl (C=O) groups is 2. The number of nitrogens with zero attached hydrogens (tertiary/aromatic N) is 3. The first-order valence-electron chi connectivity index (χ1n) is 10.1. The Morgan fingerprint density at radius 1 is 1.13 bits per heavy atom. The fourth-order valence-electron chi connectivity index (χ4n) is 3.69. The Balaban J connectivity index is 1.45. The van der Waals surface area contributed by atoms with Crippen molar-refractivity contribution in [2.75, 3.05) is 13.2 Å². The molecule has 156 valence electrons. The average molecular weight is 433 g/mol. The average Bonchev–Trinajstić information content (AvgIpc) is 3.51. The number of nitrogens with one attached hydrogen (secondary N) is 1. The van der Waals surface area contributed by atoms with Gasteiger partial charge in [0, 0.05) is 42.8 Å². The second-order valence-electron chi connectivity index (χ2n) is 7.38. The highest BCUT2D eigenvalue weighted by Gasteiger charge is 2.22. The van der Waals surface area contributed by atoms with Gasteiger partial charge in [0.15, 0.2) is 5.78 Å². The van der Waals surface area contributed by atoms with E-state index in [9.17, 15) is 9.59 Å².